The van der Waals surface area contributed by atoms with Crippen LogP contribution in [0, 0.1) is 19.8 Å². The molecule has 1 aromatic rings. The molecule has 0 aliphatic carbocycles. The summed E-state index contributed by atoms with van der Waals surface area (Å²) in [5, 5.41) is 17.2. The number of amides is 1. The molecular formula is C21H37IN4O3. The molecule has 1 aliphatic heterocycles. The first-order chi connectivity index (χ1) is 13.2. The van der Waals surface area contributed by atoms with Crippen molar-refractivity contribution >= 4 is 35.8 Å². The number of aliphatic hydroxyl groups is 1. The normalized spacial score (nSPS) is 19.3. The van der Waals surface area contributed by atoms with E-state index in [4.69, 9.17) is 4.42 Å². The fourth-order valence-corrected chi connectivity index (χ4v) is 3.69. The molecule has 0 bridgehead atoms. The van der Waals surface area contributed by atoms with Crippen LogP contribution in [0.2, 0.25) is 0 Å². The SMILES string of the molecule is CCNC(=NCC(C)(O)c1cc(C)oc1C)NCCC(=O)N1CCCC(C)C1.I. The number of furan rings is 1. The molecule has 0 saturated carbocycles. The third-order valence-corrected chi connectivity index (χ3v) is 5.15. The number of nitrogens with one attached hydrogen (secondary N) is 2. The lowest BCUT2D eigenvalue weighted by molar-refractivity contribution is -0.132. The van der Waals surface area contributed by atoms with Gasteiger partial charge in [-0.1, -0.05) is 6.92 Å². The summed E-state index contributed by atoms with van der Waals surface area (Å²) in [6.07, 6.45) is 2.73. The molecule has 0 radical (unpaired) electrons. The third-order valence-electron chi connectivity index (χ3n) is 5.15. The Balaban J connectivity index is 0.00000420. The zero-order valence-corrected chi connectivity index (χ0v) is 20.7. The fraction of sp³-hybridized carbons (Fsp3) is 0.714. The second-order valence-corrected chi connectivity index (χ2v) is 8.06. The highest BCUT2D eigenvalue weighted by atomic mass is 127. The van der Waals surface area contributed by atoms with Crippen molar-refractivity contribution in [1.29, 1.82) is 0 Å². The molecule has 1 amide bonds. The van der Waals surface area contributed by atoms with Gasteiger partial charge in [0.05, 0.1) is 6.54 Å². The molecule has 1 fully saturated rings. The van der Waals surface area contributed by atoms with E-state index in [1.807, 2.05) is 31.7 Å². The minimum Gasteiger partial charge on any atom is -0.466 e. The molecule has 7 nitrogen and oxygen atoms in total. The van der Waals surface area contributed by atoms with Gasteiger partial charge in [0, 0.05) is 38.2 Å². The van der Waals surface area contributed by atoms with Crippen molar-refractivity contribution in [2.45, 2.75) is 59.5 Å². The van der Waals surface area contributed by atoms with Crippen LogP contribution in [-0.2, 0) is 10.4 Å². The van der Waals surface area contributed by atoms with Crippen molar-refractivity contribution in [3.8, 4) is 0 Å². The number of guanidine groups is 1. The topological polar surface area (TPSA) is 90.1 Å². The van der Waals surface area contributed by atoms with Crippen LogP contribution in [0.15, 0.2) is 15.5 Å². The predicted molar refractivity (Wildman–Crippen MR) is 127 cm³/mol. The van der Waals surface area contributed by atoms with Crippen molar-refractivity contribution in [3.63, 3.8) is 0 Å². The zero-order chi connectivity index (χ0) is 20.7. The summed E-state index contributed by atoms with van der Waals surface area (Å²) < 4.78 is 5.53. The average molecular weight is 520 g/mol. The number of hydrogen-bond donors (Lipinski definition) is 3. The summed E-state index contributed by atoms with van der Waals surface area (Å²) in [6, 6.07) is 1.85. The Bertz CT molecular complexity index is 687. The maximum absolute atomic E-state index is 12.4. The van der Waals surface area contributed by atoms with Gasteiger partial charge in [0.1, 0.15) is 17.1 Å². The molecule has 29 heavy (non-hydrogen) atoms. The molecule has 3 N–H and O–H groups in total. The monoisotopic (exact) mass is 520 g/mol. The molecule has 166 valence electrons. The smallest absolute Gasteiger partial charge is 0.224 e. The first kappa shape index (κ1) is 25.7. The van der Waals surface area contributed by atoms with Gasteiger partial charge in [0.25, 0.3) is 0 Å². The summed E-state index contributed by atoms with van der Waals surface area (Å²) in [5.74, 6) is 2.85. The van der Waals surface area contributed by atoms with Gasteiger partial charge in [-0.05, 0) is 52.5 Å². The lowest BCUT2D eigenvalue weighted by atomic mass is 9.96. The molecule has 2 unspecified atom stereocenters. The van der Waals surface area contributed by atoms with Crippen LogP contribution in [0.4, 0.5) is 0 Å². The van der Waals surface area contributed by atoms with Crippen LogP contribution in [0.1, 0.15) is 57.1 Å². The van der Waals surface area contributed by atoms with Crippen molar-refractivity contribution in [2.75, 3.05) is 32.7 Å². The lowest BCUT2D eigenvalue weighted by Crippen LogP contribution is -2.43. The molecule has 2 rings (SSSR count). The van der Waals surface area contributed by atoms with Gasteiger partial charge in [0.15, 0.2) is 5.96 Å². The fourth-order valence-electron chi connectivity index (χ4n) is 3.69. The summed E-state index contributed by atoms with van der Waals surface area (Å²) in [6.45, 7) is 12.8. The Morgan fingerprint density at radius 2 is 2.14 bits per heavy atom. The summed E-state index contributed by atoms with van der Waals surface area (Å²) in [5.41, 5.74) is -0.372. The Morgan fingerprint density at radius 3 is 2.72 bits per heavy atom. The first-order valence-corrected chi connectivity index (χ1v) is 10.3. The number of hydrogen-bond acceptors (Lipinski definition) is 4. The standard InChI is InChI=1S/C21H36N4O3.HI/c1-6-22-20(23-10-9-19(26)25-11-7-8-15(2)13-25)24-14-21(5,27)18-12-16(3)28-17(18)4;/h12,15,27H,6-11,13-14H2,1-5H3,(H2,22,23,24);1H. The van der Waals surface area contributed by atoms with Crippen molar-refractivity contribution < 1.29 is 14.3 Å². The Hall–Kier alpha value is -1.29. The van der Waals surface area contributed by atoms with Gasteiger partial charge in [-0.15, -0.1) is 24.0 Å². The lowest BCUT2D eigenvalue weighted by Gasteiger charge is -2.31. The number of rotatable bonds is 7. The van der Waals surface area contributed by atoms with E-state index in [0.717, 1.165) is 30.8 Å². The number of aliphatic imine (C=N–C) groups is 1. The van der Waals surface area contributed by atoms with E-state index < -0.39 is 5.60 Å². The van der Waals surface area contributed by atoms with Crippen LogP contribution in [0.25, 0.3) is 0 Å². The largest absolute Gasteiger partial charge is 0.466 e. The zero-order valence-electron chi connectivity index (χ0n) is 18.4. The maximum Gasteiger partial charge on any atom is 0.224 e. The number of carbonyl (C=O) groups excluding carboxylic acids is 1. The number of likely N-dealkylation sites (tertiary alicyclic amines) is 1. The number of nitrogens with zero attached hydrogens (tertiary/aromatic N) is 2. The van der Waals surface area contributed by atoms with Gasteiger partial charge in [-0.3, -0.25) is 4.79 Å². The summed E-state index contributed by atoms with van der Waals surface area (Å²) >= 11 is 0. The molecule has 1 aromatic heterocycles. The highest BCUT2D eigenvalue weighted by molar-refractivity contribution is 14.0. The van der Waals surface area contributed by atoms with Crippen molar-refractivity contribution in [3.05, 3.63) is 23.2 Å². The quantitative estimate of drug-likeness (QED) is 0.292. The predicted octanol–water partition coefficient (Wildman–Crippen LogP) is 2.93. The van der Waals surface area contributed by atoms with Crippen LogP contribution in [0.5, 0.6) is 0 Å². The van der Waals surface area contributed by atoms with Crippen LogP contribution in [0.3, 0.4) is 0 Å². The van der Waals surface area contributed by atoms with E-state index >= 15 is 0 Å². The molecule has 0 spiro atoms. The molecule has 2 atom stereocenters. The van der Waals surface area contributed by atoms with E-state index in [2.05, 4.69) is 22.5 Å². The second kappa shape index (κ2) is 11.8. The van der Waals surface area contributed by atoms with Crippen LogP contribution >= 0.6 is 24.0 Å². The number of aryl methyl sites for hydroxylation is 2. The van der Waals surface area contributed by atoms with Gasteiger partial charge in [-0.2, -0.15) is 0 Å². The van der Waals surface area contributed by atoms with E-state index in [1.165, 1.54) is 6.42 Å². The summed E-state index contributed by atoms with van der Waals surface area (Å²) in [4.78, 5) is 18.9. The third kappa shape index (κ3) is 7.81. The minimum absolute atomic E-state index is 0. The van der Waals surface area contributed by atoms with Crippen LogP contribution < -0.4 is 10.6 Å². The number of halogens is 1. The Morgan fingerprint density at radius 1 is 1.41 bits per heavy atom. The van der Waals surface area contributed by atoms with Gasteiger partial charge >= 0.3 is 0 Å². The molecule has 8 heteroatoms. The molecular weight excluding hydrogens is 483 g/mol. The van der Waals surface area contributed by atoms with E-state index in [1.54, 1.807) is 6.92 Å². The number of piperidine rings is 1. The van der Waals surface area contributed by atoms with Crippen molar-refractivity contribution in [1.82, 2.24) is 15.5 Å². The van der Waals surface area contributed by atoms with Crippen LogP contribution in [-0.4, -0.2) is 54.6 Å². The first-order valence-electron chi connectivity index (χ1n) is 10.3. The highest BCUT2D eigenvalue weighted by Gasteiger charge is 2.27. The van der Waals surface area contributed by atoms with E-state index in [-0.39, 0.29) is 36.4 Å². The second-order valence-electron chi connectivity index (χ2n) is 8.06. The van der Waals surface area contributed by atoms with Gasteiger partial charge in [0.2, 0.25) is 5.91 Å². The molecule has 1 saturated heterocycles. The molecule has 0 aromatic carbocycles. The van der Waals surface area contributed by atoms with E-state index in [9.17, 15) is 9.90 Å². The van der Waals surface area contributed by atoms with E-state index in [0.29, 0.717) is 37.1 Å². The van der Waals surface area contributed by atoms with Gasteiger partial charge < -0.3 is 25.1 Å². The average Bonchev–Trinajstić information content (AvgIpc) is 2.98. The highest BCUT2D eigenvalue weighted by Crippen LogP contribution is 2.27. The Labute approximate surface area is 191 Å². The Kier molecular flexibility index (Phi) is 10.5. The van der Waals surface area contributed by atoms with Crippen molar-refractivity contribution in [2.24, 2.45) is 10.9 Å². The summed E-state index contributed by atoms with van der Waals surface area (Å²) in [7, 11) is 0. The molecule has 2 heterocycles. The minimum atomic E-state index is -1.12. The number of carbonyl (C=O) groups is 1. The molecule has 1 aliphatic rings. The maximum atomic E-state index is 12.4. The van der Waals surface area contributed by atoms with Gasteiger partial charge in [-0.25, -0.2) is 4.99 Å².